The van der Waals surface area contributed by atoms with Crippen LogP contribution in [0.25, 0.3) is 11.0 Å². The number of aromatic amines is 1. The van der Waals surface area contributed by atoms with E-state index in [9.17, 15) is 18.3 Å². The second-order valence-electron chi connectivity index (χ2n) is 6.65. The van der Waals surface area contributed by atoms with Crippen molar-refractivity contribution in [2.45, 2.75) is 56.1 Å². The number of hydrogen-bond donors (Lipinski definition) is 2. The highest BCUT2D eigenvalue weighted by molar-refractivity contribution is 7.99. The number of nitrogens with one attached hydrogen (secondary N) is 1. The summed E-state index contributed by atoms with van der Waals surface area (Å²) >= 11 is 1.75. The highest BCUT2D eigenvalue weighted by atomic mass is 32.2. The number of pyridine rings is 1. The van der Waals surface area contributed by atoms with Crippen LogP contribution in [0, 0.1) is 0 Å². The standard InChI is InChI=1S/C17H21F3N2OS/c1-16(23,10-24-11-5-3-2-4-6-11)15-9-13-12(21-15)7-8-14(22-13)17(18,19)20/h7-9,11,21,23H,2-6,10H2,1H3. The van der Waals surface area contributed by atoms with Crippen LogP contribution in [0.4, 0.5) is 13.2 Å². The maximum absolute atomic E-state index is 12.8. The Balaban J connectivity index is 1.76. The van der Waals surface area contributed by atoms with Gasteiger partial charge in [0.1, 0.15) is 11.3 Å². The van der Waals surface area contributed by atoms with Crippen molar-refractivity contribution >= 4 is 22.8 Å². The maximum atomic E-state index is 12.8. The van der Waals surface area contributed by atoms with Gasteiger partial charge in [0.25, 0.3) is 0 Å². The van der Waals surface area contributed by atoms with Gasteiger partial charge < -0.3 is 10.1 Å². The second-order valence-corrected chi connectivity index (χ2v) is 7.94. The number of halogens is 3. The van der Waals surface area contributed by atoms with Gasteiger partial charge in [0.2, 0.25) is 0 Å². The largest absolute Gasteiger partial charge is 0.433 e. The Kier molecular flexibility index (Phi) is 4.84. The van der Waals surface area contributed by atoms with Crippen LogP contribution in [0.3, 0.4) is 0 Å². The molecule has 2 aromatic heterocycles. The molecule has 3 rings (SSSR count). The van der Waals surface area contributed by atoms with E-state index in [1.807, 2.05) is 0 Å². The third-order valence-electron chi connectivity index (χ3n) is 4.50. The maximum Gasteiger partial charge on any atom is 0.433 e. The van der Waals surface area contributed by atoms with Crippen LogP contribution in [0.2, 0.25) is 0 Å². The zero-order valence-corrected chi connectivity index (χ0v) is 14.3. The molecule has 0 spiro atoms. The lowest BCUT2D eigenvalue weighted by Gasteiger charge is -2.27. The molecule has 2 aromatic rings. The smallest absolute Gasteiger partial charge is 0.383 e. The van der Waals surface area contributed by atoms with E-state index in [1.165, 1.54) is 44.2 Å². The molecule has 1 unspecified atom stereocenters. The van der Waals surface area contributed by atoms with Gasteiger partial charge in [-0.05, 0) is 38.0 Å². The van der Waals surface area contributed by atoms with Gasteiger partial charge >= 0.3 is 6.18 Å². The summed E-state index contributed by atoms with van der Waals surface area (Å²) in [4.78, 5) is 6.67. The van der Waals surface area contributed by atoms with E-state index in [1.54, 1.807) is 18.7 Å². The van der Waals surface area contributed by atoms with E-state index in [0.29, 0.717) is 22.2 Å². The molecule has 1 saturated carbocycles. The van der Waals surface area contributed by atoms with Crippen molar-refractivity contribution in [3.63, 3.8) is 0 Å². The van der Waals surface area contributed by atoms with Crippen molar-refractivity contribution in [2.75, 3.05) is 5.75 Å². The molecule has 1 fully saturated rings. The van der Waals surface area contributed by atoms with Crippen LogP contribution in [0.15, 0.2) is 18.2 Å². The van der Waals surface area contributed by atoms with Gasteiger partial charge in [0.05, 0.1) is 16.7 Å². The van der Waals surface area contributed by atoms with Crippen molar-refractivity contribution in [1.82, 2.24) is 9.97 Å². The predicted molar refractivity (Wildman–Crippen MR) is 90.0 cm³/mol. The number of hydrogen-bond acceptors (Lipinski definition) is 3. The van der Waals surface area contributed by atoms with Gasteiger partial charge in [-0.15, -0.1) is 0 Å². The van der Waals surface area contributed by atoms with E-state index in [0.717, 1.165) is 6.07 Å². The molecule has 0 saturated heterocycles. The molecular weight excluding hydrogens is 337 g/mol. The number of aliphatic hydroxyl groups is 1. The molecule has 1 aliphatic rings. The molecule has 0 aromatic carbocycles. The first-order valence-corrected chi connectivity index (χ1v) is 9.22. The lowest BCUT2D eigenvalue weighted by molar-refractivity contribution is -0.140. The van der Waals surface area contributed by atoms with Crippen molar-refractivity contribution in [1.29, 1.82) is 0 Å². The summed E-state index contributed by atoms with van der Waals surface area (Å²) in [6, 6.07) is 3.83. The lowest BCUT2D eigenvalue weighted by atomic mass is 10.0. The molecule has 24 heavy (non-hydrogen) atoms. The van der Waals surface area contributed by atoms with Gasteiger partial charge in [-0.2, -0.15) is 24.9 Å². The fourth-order valence-corrected chi connectivity index (χ4v) is 4.43. The summed E-state index contributed by atoms with van der Waals surface area (Å²) in [5.41, 5.74) is -0.811. The second kappa shape index (κ2) is 6.59. The molecule has 0 bridgehead atoms. The number of aromatic nitrogens is 2. The molecule has 1 aliphatic carbocycles. The van der Waals surface area contributed by atoms with Crippen LogP contribution < -0.4 is 0 Å². The lowest BCUT2D eigenvalue weighted by Crippen LogP contribution is -2.26. The molecule has 0 aliphatic heterocycles. The minimum absolute atomic E-state index is 0.225. The normalized spacial score (nSPS) is 19.5. The average molecular weight is 358 g/mol. The Hall–Kier alpha value is -1.21. The number of rotatable bonds is 4. The Morgan fingerprint density at radius 2 is 1.96 bits per heavy atom. The Morgan fingerprint density at radius 1 is 1.25 bits per heavy atom. The van der Waals surface area contributed by atoms with Crippen molar-refractivity contribution in [3.8, 4) is 0 Å². The molecule has 1 atom stereocenters. The fourth-order valence-electron chi connectivity index (χ4n) is 3.05. The minimum atomic E-state index is -4.47. The van der Waals surface area contributed by atoms with Crippen LogP contribution in [0.5, 0.6) is 0 Å². The van der Waals surface area contributed by atoms with E-state index in [-0.39, 0.29) is 5.52 Å². The van der Waals surface area contributed by atoms with E-state index in [2.05, 4.69) is 9.97 Å². The molecule has 0 radical (unpaired) electrons. The number of fused-ring (bicyclic) bond motifs is 1. The summed E-state index contributed by atoms with van der Waals surface area (Å²) in [7, 11) is 0. The van der Waals surface area contributed by atoms with Crippen molar-refractivity contribution in [2.24, 2.45) is 0 Å². The van der Waals surface area contributed by atoms with Crippen LogP contribution in [-0.2, 0) is 11.8 Å². The van der Waals surface area contributed by atoms with E-state index in [4.69, 9.17) is 0 Å². The van der Waals surface area contributed by atoms with E-state index < -0.39 is 17.5 Å². The first kappa shape index (κ1) is 17.6. The molecule has 7 heteroatoms. The van der Waals surface area contributed by atoms with E-state index >= 15 is 0 Å². The fraction of sp³-hybridized carbons (Fsp3) is 0.588. The summed E-state index contributed by atoms with van der Waals surface area (Å²) in [5, 5.41) is 11.3. The molecule has 2 N–H and O–H groups in total. The van der Waals surface area contributed by atoms with Gasteiger partial charge in [-0.25, -0.2) is 4.98 Å². The number of alkyl halides is 3. The Bertz CT molecular complexity index is 705. The molecule has 3 nitrogen and oxygen atoms in total. The SMILES string of the molecule is CC(O)(CSC1CCCCC1)c1cc2nc(C(F)(F)F)ccc2[nH]1. The third-order valence-corrected chi connectivity index (χ3v) is 6.17. The molecular formula is C17H21F3N2OS. The summed E-state index contributed by atoms with van der Waals surface area (Å²) in [6.45, 7) is 1.69. The van der Waals surface area contributed by atoms with Crippen LogP contribution in [0.1, 0.15) is 50.4 Å². The highest BCUT2D eigenvalue weighted by Crippen LogP contribution is 2.35. The topological polar surface area (TPSA) is 48.9 Å². The Morgan fingerprint density at radius 3 is 2.62 bits per heavy atom. The summed E-state index contributed by atoms with van der Waals surface area (Å²) < 4.78 is 38.3. The van der Waals surface area contributed by atoms with Crippen LogP contribution in [-0.4, -0.2) is 26.1 Å². The number of nitrogens with zero attached hydrogens (tertiary/aromatic N) is 1. The van der Waals surface area contributed by atoms with Gasteiger partial charge in [0.15, 0.2) is 0 Å². The molecule has 132 valence electrons. The quantitative estimate of drug-likeness (QED) is 0.821. The van der Waals surface area contributed by atoms with Gasteiger partial charge in [0, 0.05) is 11.0 Å². The highest BCUT2D eigenvalue weighted by Gasteiger charge is 2.33. The minimum Gasteiger partial charge on any atom is -0.383 e. The number of thioether (sulfide) groups is 1. The first-order chi connectivity index (χ1) is 11.3. The van der Waals surface area contributed by atoms with Crippen molar-refractivity contribution in [3.05, 3.63) is 29.6 Å². The van der Waals surface area contributed by atoms with Gasteiger partial charge in [-0.3, -0.25) is 0 Å². The van der Waals surface area contributed by atoms with Crippen LogP contribution >= 0.6 is 11.8 Å². The summed E-state index contributed by atoms with van der Waals surface area (Å²) in [6.07, 6.45) is 1.62. The average Bonchev–Trinajstić information content (AvgIpc) is 2.97. The monoisotopic (exact) mass is 358 g/mol. The molecule has 2 heterocycles. The zero-order chi connectivity index (χ0) is 17.4. The first-order valence-electron chi connectivity index (χ1n) is 8.17. The van der Waals surface area contributed by atoms with Crippen molar-refractivity contribution < 1.29 is 18.3 Å². The zero-order valence-electron chi connectivity index (χ0n) is 13.5. The van der Waals surface area contributed by atoms with Gasteiger partial charge in [-0.1, -0.05) is 19.3 Å². The predicted octanol–water partition coefficient (Wildman–Crippen LogP) is 4.86. The molecule has 0 amide bonds. The summed E-state index contributed by atoms with van der Waals surface area (Å²) in [5.74, 6) is 0.511. The Labute approximate surface area is 143 Å². The number of H-pyrrole nitrogens is 1. The third kappa shape index (κ3) is 3.88.